The van der Waals surface area contributed by atoms with Gasteiger partial charge in [0.05, 0.1) is 26.9 Å². The molecule has 0 saturated heterocycles. The van der Waals surface area contributed by atoms with E-state index in [0.29, 0.717) is 17.9 Å². The van der Waals surface area contributed by atoms with Gasteiger partial charge in [-0.2, -0.15) is 0 Å². The molecular formula is C30H42N6O9. The molecule has 246 valence electrons. The molecule has 2 aromatic rings. The van der Waals surface area contributed by atoms with Crippen molar-refractivity contribution in [2.75, 3.05) is 27.3 Å². The molecule has 3 rings (SSSR count). The molecule has 0 aliphatic carbocycles. The minimum absolute atomic E-state index is 0.0594. The Hall–Kier alpha value is -4.66. The second kappa shape index (κ2) is 15.9. The van der Waals surface area contributed by atoms with E-state index in [1.807, 2.05) is 6.07 Å². The van der Waals surface area contributed by atoms with Crippen molar-refractivity contribution in [1.82, 2.24) is 31.3 Å². The quantitative estimate of drug-likeness (QED) is 0.275. The first-order valence-electron chi connectivity index (χ1n) is 14.7. The number of ether oxygens (including phenoxy) is 2. The monoisotopic (exact) mass is 630 g/mol. The number of aromatic nitrogens is 1. The van der Waals surface area contributed by atoms with Crippen molar-refractivity contribution in [2.45, 2.75) is 71.3 Å². The van der Waals surface area contributed by atoms with E-state index in [1.54, 1.807) is 26.0 Å². The number of hydrogen-bond acceptors (Lipinski definition) is 10. The fourth-order valence-electron chi connectivity index (χ4n) is 4.65. The molecule has 0 spiro atoms. The molecule has 0 unspecified atom stereocenters. The van der Waals surface area contributed by atoms with Crippen LogP contribution in [0.2, 0.25) is 0 Å². The molecule has 5 amide bonds. The van der Waals surface area contributed by atoms with Crippen molar-refractivity contribution >= 4 is 29.5 Å². The van der Waals surface area contributed by atoms with Crippen molar-refractivity contribution in [3.05, 3.63) is 41.3 Å². The van der Waals surface area contributed by atoms with Crippen molar-refractivity contribution in [1.29, 1.82) is 0 Å². The summed E-state index contributed by atoms with van der Waals surface area (Å²) in [6.45, 7) is 6.31. The number of carbonyl (C=O) groups excluding carboxylic acids is 5. The van der Waals surface area contributed by atoms with E-state index in [1.165, 1.54) is 39.0 Å². The van der Waals surface area contributed by atoms with Crippen LogP contribution in [0.5, 0.6) is 11.5 Å². The molecule has 0 saturated carbocycles. The summed E-state index contributed by atoms with van der Waals surface area (Å²) < 4.78 is 16.0. The number of aryl methyl sites for hydroxylation is 1. The first-order valence-corrected chi connectivity index (χ1v) is 14.7. The number of hydrogen-bond donors (Lipinski definition) is 5. The number of aliphatic hydroxyl groups excluding tert-OH is 1. The lowest BCUT2D eigenvalue weighted by Crippen LogP contribution is -2.58. The number of rotatable bonds is 7. The lowest BCUT2D eigenvalue weighted by atomic mass is 10.0. The second-order valence-corrected chi connectivity index (χ2v) is 11.1. The molecule has 15 nitrogen and oxygen atoms in total. The van der Waals surface area contributed by atoms with Crippen molar-refractivity contribution < 1.29 is 43.1 Å². The number of amides is 5. The molecule has 15 heteroatoms. The van der Waals surface area contributed by atoms with Crippen LogP contribution in [-0.2, 0) is 32.1 Å². The average molecular weight is 631 g/mol. The number of benzene rings is 1. The highest BCUT2D eigenvalue weighted by atomic mass is 16.5. The van der Waals surface area contributed by atoms with Gasteiger partial charge in [-0.1, -0.05) is 25.1 Å². The summed E-state index contributed by atoms with van der Waals surface area (Å²) in [5, 5.41) is 24.2. The van der Waals surface area contributed by atoms with Gasteiger partial charge in [-0.3, -0.25) is 24.0 Å². The normalized spacial score (nSPS) is 21.1. The predicted octanol–water partition coefficient (Wildman–Crippen LogP) is -0.0923. The zero-order valence-corrected chi connectivity index (χ0v) is 26.3. The number of carbonyl (C=O) groups is 5. The third-order valence-corrected chi connectivity index (χ3v) is 7.30. The van der Waals surface area contributed by atoms with Gasteiger partial charge in [0.1, 0.15) is 18.1 Å². The fourth-order valence-corrected chi connectivity index (χ4v) is 4.65. The molecule has 0 fully saturated rings. The van der Waals surface area contributed by atoms with Gasteiger partial charge in [0, 0.05) is 25.6 Å². The molecule has 5 N–H and O–H groups in total. The van der Waals surface area contributed by atoms with Gasteiger partial charge < -0.3 is 45.3 Å². The molecule has 4 atom stereocenters. The Balaban J connectivity index is 1.87. The van der Waals surface area contributed by atoms with E-state index in [2.05, 4.69) is 26.4 Å². The van der Waals surface area contributed by atoms with Gasteiger partial charge in [-0.15, -0.1) is 0 Å². The number of nitrogens with zero attached hydrogens (tertiary/aromatic N) is 2. The van der Waals surface area contributed by atoms with Gasteiger partial charge in [-0.05, 0) is 43.9 Å². The van der Waals surface area contributed by atoms with Crippen LogP contribution in [0, 0.1) is 5.92 Å². The zero-order chi connectivity index (χ0) is 33.3. The molecule has 1 aliphatic rings. The first-order chi connectivity index (χ1) is 21.3. The van der Waals surface area contributed by atoms with Crippen molar-refractivity contribution in [3.8, 4) is 11.5 Å². The Bertz CT molecular complexity index is 1380. The summed E-state index contributed by atoms with van der Waals surface area (Å²) >= 11 is 0. The van der Waals surface area contributed by atoms with Crippen LogP contribution in [0.15, 0.2) is 28.8 Å². The van der Waals surface area contributed by atoms with Crippen LogP contribution in [0.4, 0.5) is 0 Å². The van der Waals surface area contributed by atoms with E-state index in [0.717, 1.165) is 5.56 Å². The van der Waals surface area contributed by atoms with E-state index in [4.69, 9.17) is 14.0 Å². The molecule has 2 heterocycles. The minimum Gasteiger partial charge on any atom is -0.493 e. The number of nitrogens with one attached hydrogen (secondary N) is 4. The maximum atomic E-state index is 13.4. The summed E-state index contributed by atoms with van der Waals surface area (Å²) in [6, 6.07) is 3.24. The molecule has 1 aromatic carbocycles. The largest absolute Gasteiger partial charge is 0.493 e. The molecule has 45 heavy (non-hydrogen) atoms. The Morgan fingerprint density at radius 2 is 1.71 bits per heavy atom. The zero-order valence-electron chi connectivity index (χ0n) is 26.3. The van der Waals surface area contributed by atoms with Crippen LogP contribution in [0.25, 0.3) is 0 Å². The van der Waals surface area contributed by atoms with Crippen LogP contribution in [-0.4, -0.2) is 96.2 Å². The van der Waals surface area contributed by atoms with Gasteiger partial charge in [0.2, 0.25) is 23.6 Å². The highest BCUT2D eigenvalue weighted by Crippen LogP contribution is 2.28. The van der Waals surface area contributed by atoms with Crippen LogP contribution < -0.4 is 30.7 Å². The number of fused-ring (bicyclic) bond motifs is 2. The minimum atomic E-state index is -1.43. The van der Waals surface area contributed by atoms with Gasteiger partial charge in [0.25, 0.3) is 5.91 Å². The van der Waals surface area contributed by atoms with Crippen LogP contribution in [0.3, 0.4) is 0 Å². The first kappa shape index (κ1) is 34.8. The Morgan fingerprint density at radius 1 is 1.00 bits per heavy atom. The van der Waals surface area contributed by atoms with E-state index >= 15 is 0 Å². The topological polar surface area (TPSA) is 201 Å². The average Bonchev–Trinajstić information content (AvgIpc) is 3.48. The standard InChI is InChI=1S/C30H42N6O9/c1-16(2)25-29(41)31-11-12-36(24(38)10-8-19-7-9-22(43-5)23(13-19)44-6)15-20-14-21(35-45-20)28(40)34-26(18(4)37)30(42)32-17(3)27(39)33-25/h7,9,13-14,16-18,25-26,37H,8,10-12,15H2,1-6H3,(H,31,41)(H,32,42)(H,33,39)(H,34,40)/t17-,18+,25-,26-/m0/s1. The Kier molecular flexibility index (Phi) is 12.3. The fraction of sp³-hybridized carbons (Fsp3) is 0.533. The van der Waals surface area contributed by atoms with Gasteiger partial charge in [-0.25, -0.2) is 0 Å². The SMILES string of the molecule is COc1ccc(CCC(=O)N2CCNC(=O)[C@H](C(C)C)NC(=O)[C@H](C)NC(=O)[C@H]([C@@H](C)O)NC(=O)c3cc(on3)C2)cc1OC. The lowest BCUT2D eigenvalue weighted by Gasteiger charge is -2.26. The van der Waals surface area contributed by atoms with E-state index < -0.39 is 47.9 Å². The van der Waals surface area contributed by atoms with Crippen molar-refractivity contribution in [3.63, 3.8) is 0 Å². The molecule has 1 aromatic heterocycles. The highest BCUT2D eigenvalue weighted by Gasteiger charge is 2.32. The summed E-state index contributed by atoms with van der Waals surface area (Å²) in [6.07, 6.45) is -0.832. The third kappa shape index (κ3) is 9.41. The summed E-state index contributed by atoms with van der Waals surface area (Å²) in [5.41, 5.74) is 0.664. The lowest BCUT2D eigenvalue weighted by molar-refractivity contribution is -0.134. The summed E-state index contributed by atoms with van der Waals surface area (Å²) in [7, 11) is 3.06. The van der Waals surface area contributed by atoms with Gasteiger partial charge >= 0.3 is 0 Å². The maximum absolute atomic E-state index is 13.4. The molecule has 1 aliphatic heterocycles. The molecule has 0 radical (unpaired) electrons. The third-order valence-electron chi connectivity index (χ3n) is 7.30. The molecular weight excluding hydrogens is 588 g/mol. The Morgan fingerprint density at radius 3 is 2.36 bits per heavy atom. The number of methoxy groups -OCH3 is 2. The van der Waals surface area contributed by atoms with E-state index in [-0.39, 0.29) is 49.3 Å². The number of aliphatic hydroxyl groups is 1. The summed E-state index contributed by atoms with van der Waals surface area (Å²) in [4.78, 5) is 66.7. The highest BCUT2D eigenvalue weighted by molar-refractivity contribution is 5.98. The smallest absolute Gasteiger partial charge is 0.274 e. The summed E-state index contributed by atoms with van der Waals surface area (Å²) in [5.74, 6) is -2.01. The van der Waals surface area contributed by atoms with E-state index in [9.17, 15) is 29.1 Å². The predicted molar refractivity (Wildman–Crippen MR) is 160 cm³/mol. The molecule has 2 bridgehead atoms. The van der Waals surface area contributed by atoms with Crippen LogP contribution >= 0.6 is 0 Å². The van der Waals surface area contributed by atoms with Crippen molar-refractivity contribution in [2.24, 2.45) is 5.92 Å². The van der Waals surface area contributed by atoms with Gasteiger partial charge in [0.15, 0.2) is 23.0 Å². The van der Waals surface area contributed by atoms with Crippen LogP contribution in [0.1, 0.15) is 55.9 Å². The maximum Gasteiger partial charge on any atom is 0.274 e. The second-order valence-electron chi connectivity index (χ2n) is 11.1. The Labute approximate surface area is 261 Å².